The molecule has 0 heterocycles. The van der Waals surface area contributed by atoms with E-state index in [2.05, 4.69) is 0 Å². The summed E-state index contributed by atoms with van der Waals surface area (Å²) in [5.41, 5.74) is 2.83. The summed E-state index contributed by atoms with van der Waals surface area (Å²) in [5, 5.41) is 18.0. The van der Waals surface area contributed by atoms with Crippen LogP contribution < -0.4 is 10.4 Å². The van der Waals surface area contributed by atoms with Crippen molar-refractivity contribution in [1.29, 1.82) is 0 Å². The van der Waals surface area contributed by atoms with Crippen LogP contribution >= 0.6 is 0 Å². The van der Waals surface area contributed by atoms with E-state index in [1.54, 1.807) is 6.07 Å². The second kappa shape index (κ2) is 6.07. The summed E-state index contributed by atoms with van der Waals surface area (Å²) in [5.74, 6) is -0.434. The largest absolute Gasteiger partial charge is 0.488 e. The number of rotatable bonds is 4. The summed E-state index contributed by atoms with van der Waals surface area (Å²) in [4.78, 5) is 1.96. The van der Waals surface area contributed by atoms with Crippen LogP contribution in [0.2, 0.25) is 0 Å². The second-order valence-electron chi connectivity index (χ2n) is 4.87. The lowest BCUT2D eigenvalue weighted by Gasteiger charge is -2.22. The maximum absolute atomic E-state index is 13.9. The van der Waals surface area contributed by atoms with Crippen molar-refractivity contribution in [3.63, 3.8) is 0 Å². The average molecular weight is 273 g/mol. The van der Waals surface area contributed by atoms with Gasteiger partial charge in [0.2, 0.25) is 0 Å². The summed E-state index contributed by atoms with van der Waals surface area (Å²) < 4.78 is 13.9. The van der Waals surface area contributed by atoms with Gasteiger partial charge in [0, 0.05) is 24.8 Å². The topological polar surface area (TPSA) is 43.7 Å². The van der Waals surface area contributed by atoms with E-state index in [9.17, 15) is 4.39 Å². The molecule has 0 saturated heterocycles. The normalized spacial score (nSPS) is 10.4. The van der Waals surface area contributed by atoms with Crippen molar-refractivity contribution in [3.8, 4) is 0 Å². The fourth-order valence-electron chi connectivity index (χ4n) is 2.18. The van der Waals surface area contributed by atoms with Gasteiger partial charge in [0.15, 0.2) is 0 Å². The summed E-state index contributed by atoms with van der Waals surface area (Å²) in [6.45, 7) is 2.42. The Balaban J connectivity index is 2.20. The van der Waals surface area contributed by atoms with Crippen molar-refractivity contribution in [1.82, 2.24) is 0 Å². The zero-order valence-electron chi connectivity index (χ0n) is 11.5. The first-order valence-corrected chi connectivity index (χ1v) is 6.40. The molecule has 2 rings (SSSR count). The van der Waals surface area contributed by atoms with Crippen molar-refractivity contribution < 1.29 is 14.4 Å². The molecular weight excluding hydrogens is 256 g/mol. The smallest absolute Gasteiger partial charge is 0.423 e. The second-order valence-corrected chi connectivity index (χ2v) is 4.87. The van der Waals surface area contributed by atoms with Crippen molar-refractivity contribution in [2.45, 2.75) is 13.5 Å². The van der Waals surface area contributed by atoms with Gasteiger partial charge in [-0.25, -0.2) is 4.39 Å². The third-order valence-electron chi connectivity index (χ3n) is 3.31. The number of aryl methyl sites for hydroxylation is 1. The number of anilines is 1. The molecule has 0 aliphatic rings. The van der Waals surface area contributed by atoms with E-state index >= 15 is 0 Å². The zero-order chi connectivity index (χ0) is 14.7. The fourth-order valence-corrected chi connectivity index (χ4v) is 2.18. The molecule has 3 nitrogen and oxygen atoms in total. The minimum absolute atomic E-state index is 0.157. The molecule has 0 radical (unpaired) electrons. The molecule has 104 valence electrons. The number of hydrogen-bond acceptors (Lipinski definition) is 3. The molecule has 0 aliphatic carbocycles. The Morgan fingerprint density at radius 2 is 1.85 bits per heavy atom. The van der Waals surface area contributed by atoms with Gasteiger partial charge in [0.05, 0.1) is 0 Å². The predicted octanol–water partition coefficient (Wildman–Crippen LogP) is 1.45. The predicted molar refractivity (Wildman–Crippen MR) is 79.5 cm³/mol. The summed E-state index contributed by atoms with van der Waals surface area (Å²) in [7, 11) is 0.254. The highest BCUT2D eigenvalue weighted by Gasteiger charge is 2.14. The van der Waals surface area contributed by atoms with Crippen LogP contribution in [0.5, 0.6) is 0 Å². The van der Waals surface area contributed by atoms with E-state index in [1.165, 1.54) is 6.07 Å². The average Bonchev–Trinajstić information content (AvgIpc) is 2.41. The third-order valence-corrected chi connectivity index (χ3v) is 3.31. The van der Waals surface area contributed by atoms with Gasteiger partial charge >= 0.3 is 7.12 Å². The fraction of sp³-hybridized carbons (Fsp3) is 0.200. The van der Waals surface area contributed by atoms with Gasteiger partial charge in [0.25, 0.3) is 0 Å². The first-order valence-electron chi connectivity index (χ1n) is 6.40. The molecule has 0 fully saturated rings. The monoisotopic (exact) mass is 273 g/mol. The van der Waals surface area contributed by atoms with Gasteiger partial charge in [-0.05, 0) is 30.1 Å². The van der Waals surface area contributed by atoms with Crippen LogP contribution in [0.3, 0.4) is 0 Å². The molecule has 2 aromatic carbocycles. The molecule has 20 heavy (non-hydrogen) atoms. The molecule has 0 unspecified atom stereocenters. The van der Waals surface area contributed by atoms with Crippen LogP contribution in [0.25, 0.3) is 0 Å². The van der Waals surface area contributed by atoms with Crippen molar-refractivity contribution >= 4 is 18.3 Å². The highest BCUT2D eigenvalue weighted by molar-refractivity contribution is 6.58. The SMILES string of the molecule is Cc1ccccc1N(C)Cc1ccc(B(O)O)cc1F. The van der Waals surface area contributed by atoms with Crippen LogP contribution in [0, 0.1) is 12.7 Å². The quantitative estimate of drug-likeness (QED) is 0.829. The molecule has 0 saturated carbocycles. The van der Waals surface area contributed by atoms with Gasteiger partial charge in [-0.3, -0.25) is 0 Å². The molecular formula is C15H17BFNO2. The van der Waals surface area contributed by atoms with E-state index < -0.39 is 12.9 Å². The van der Waals surface area contributed by atoms with E-state index in [-0.39, 0.29) is 5.46 Å². The Bertz CT molecular complexity index is 604. The number of hydrogen-bond donors (Lipinski definition) is 2. The first kappa shape index (κ1) is 14.6. The van der Waals surface area contributed by atoms with Crippen LogP contribution in [0.1, 0.15) is 11.1 Å². The number of para-hydroxylation sites is 1. The van der Waals surface area contributed by atoms with Gasteiger partial charge in [0.1, 0.15) is 5.82 Å². The van der Waals surface area contributed by atoms with Crippen molar-refractivity contribution in [2.24, 2.45) is 0 Å². The van der Waals surface area contributed by atoms with Gasteiger partial charge < -0.3 is 14.9 Å². The van der Waals surface area contributed by atoms with Gasteiger partial charge in [-0.15, -0.1) is 0 Å². The Hall–Kier alpha value is -1.85. The van der Waals surface area contributed by atoms with Gasteiger partial charge in [-0.2, -0.15) is 0 Å². The van der Waals surface area contributed by atoms with E-state index in [0.717, 1.165) is 17.3 Å². The van der Waals surface area contributed by atoms with E-state index in [0.29, 0.717) is 12.1 Å². The summed E-state index contributed by atoms with van der Waals surface area (Å²) in [6.07, 6.45) is 0. The highest BCUT2D eigenvalue weighted by Crippen LogP contribution is 2.20. The Kier molecular flexibility index (Phi) is 4.42. The number of nitrogens with zero attached hydrogens (tertiary/aromatic N) is 1. The molecule has 2 aromatic rings. The Labute approximate surface area is 118 Å². The summed E-state index contributed by atoms with van der Waals surface area (Å²) in [6, 6.07) is 12.2. The molecule has 5 heteroatoms. The van der Waals surface area contributed by atoms with Crippen molar-refractivity contribution in [3.05, 3.63) is 59.4 Å². The van der Waals surface area contributed by atoms with E-state index in [1.807, 2.05) is 43.1 Å². The molecule has 0 aromatic heterocycles. The lowest BCUT2D eigenvalue weighted by Crippen LogP contribution is -2.30. The van der Waals surface area contributed by atoms with E-state index in [4.69, 9.17) is 10.0 Å². The Morgan fingerprint density at radius 1 is 1.15 bits per heavy atom. The number of halogens is 1. The van der Waals surface area contributed by atoms with Crippen LogP contribution in [-0.4, -0.2) is 24.2 Å². The maximum Gasteiger partial charge on any atom is 0.488 e. The van der Waals surface area contributed by atoms with Crippen LogP contribution in [0.4, 0.5) is 10.1 Å². The molecule has 0 aliphatic heterocycles. The number of benzene rings is 2. The molecule has 0 atom stereocenters. The summed E-state index contributed by atoms with van der Waals surface area (Å²) >= 11 is 0. The lowest BCUT2D eigenvalue weighted by atomic mass is 9.80. The zero-order valence-corrected chi connectivity index (χ0v) is 11.5. The van der Waals surface area contributed by atoms with Crippen LogP contribution in [0.15, 0.2) is 42.5 Å². The Morgan fingerprint density at radius 3 is 2.45 bits per heavy atom. The van der Waals surface area contributed by atoms with Gasteiger partial charge in [-0.1, -0.05) is 30.3 Å². The highest BCUT2D eigenvalue weighted by atomic mass is 19.1. The van der Waals surface area contributed by atoms with Crippen LogP contribution in [-0.2, 0) is 6.54 Å². The molecule has 0 amide bonds. The lowest BCUT2D eigenvalue weighted by molar-refractivity contribution is 0.425. The van der Waals surface area contributed by atoms with Crippen molar-refractivity contribution in [2.75, 3.05) is 11.9 Å². The molecule has 0 bridgehead atoms. The third kappa shape index (κ3) is 3.18. The first-order chi connectivity index (χ1) is 9.49. The minimum atomic E-state index is -1.65. The maximum atomic E-state index is 13.9. The molecule has 2 N–H and O–H groups in total. The molecule has 0 spiro atoms. The minimum Gasteiger partial charge on any atom is -0.423 e. The standard InChI is InChI=1S/C15H17BFNO2/c1-11-5-3-4-6-15(11)18(2)10-12-7-8-13(16(19)20)9-14(12)17/h3-9,19-20H,10H2,1-2H3.